The third-order valence-corrected chi connectivity index (χ3v) is 4.71. The van der Waals surface area contributed by atoms with Gasteiger partial charge in [0.05, 0.1) is 11.3 Å². The quantitative estimate of drug-likeness (QED) is 0.856. The SMILES string of the molecule is O=C(Cc1ccc2c(c1)CCCC2)NNC(=O)c1cccs1. The van der Waals surface area contributed by atoms with Gasteiger partial charge in [-0.1, -0.05) is 24.3 Å². The smallest absolute Gasteiger partial charge is 0.273 e. The van der Waals surface area contributed by atoms with Crippen LogP contribution in [-0.2, 0) is 24.1 Å². The fourth-order valence-electron chi connectivity index (χ4n) is 2.72. The highest BCUT2D eigenvalue weighted by Crippen LogP contribution is 2.22. The molecule has 0 saturated heterocycles. The molecule has 1 heterocycles. The molecule has 22 heavy (non-hydrogen) atoms. The highest BCUT2D eigenvalue weighted by atomic mass is 32.1. The summed E-state index contributed by atoms with van der Waals surface area (Å²) in [6.45, 7) is 0. The van der Waals surface area contributed by atoms with Gasteiger partial charge in [-0.3, -0.25) is 20.4 Å². The summed E-state index contributed by atoms with van der Waals surface area (Å²) in [5, 5.41) is 1.82. The van der Waals surface area contributed by atoms with Gasteiger partial charge in [-0.05, 0) is 53.8 Å². The molecule has 0 bridgehead atoms. The lowest BCUT2D eigenvalue weighted by Gasteiger charge is -2.16. The van der Waals surface area contributed by atoms with Crippen LogP contribution in [0.1, 0.15) is 39.2 Å². The van der Waals surface area contributed by atoms with Gasteiger partial charge in [0.15, 0.2) is 0 Å². The maximum atomic E-state index is 11.9. The maximum Gasteiger partial charge on any atom is 0.279 e. The summed E-state index contributed by atoms with van der Waals surface area (Å²) in [5.74, 6) is -0.491. The Bertz CT molecular complexity index is 680. The minimum absolute atomic E-state index is 0.208. The first-order valence-electron chi connectivity index (χ1n) is 7.46. The second-order valence-electron chi connectivity index (χ2n) is 5.47. The normalized spacial score (nSPS) is 13.3. The zero-order valence-corrected chi connectivity index (χ0v) is 13.0. The van der Waals surface area contributed by atoms with E-state index in [2.05, 4.69) is 23.0 Å². The predicted molar refractivity (Wildman–Crippen MR) is 86.7 cm³/mol. The first kappa shape index (κ1) is 14.8. The van der Waals surface area contributed by atoms with Gasteiger partial charge < -0.3 is 0 Å². The molecule has 0 radical (unpaired) electrons. The maximum absolute atomic E-state index is 11.9. The summed E-state index contributed by atoms with van der Waals surface area (Å²) in [6, 6.07) is 9.77. The molecule has 0 fully saturated rings. The summed E-state index contributed by atoms with van der Waals surface area (Å²) < 4.78 is 0. The minimum atomic E-state index is -0.284. The fourth-order valence-corrected chi connectivity index (χ4v) is 3.34. The van der Waals surface area contributed by atoms with E-state index in [1.54, 1.807) is 12.1 Å². The van der Waals surface area contributed by atoms with Crippen molar-refractivity contribution in [1.82, 2.24) is 10.9 Å². The Morgan fingerprint density at radius 1 is 1.05 bits per heavy atom. The van der Waals surface area contributed by atoms with Crippen molar-refractivity contribution >= 4 is 23.2 Å². The number of benzene rings is 1. The Labute approximate surface area is 133 Å². The predicted octanol–water partition coefficient (Wildman–Crippen LogP) is 2.63. The molecule has 114 valence electrons. The van der Waals surface area contributed by atoms with Crippen molar-refractivity contribution in [1.29, 1.82) is 0 Å². The number of amides is 2. The summed E-state index contributed by atoms with van der Waals surface area (Å²) in [4.78, 5) is 24.2. The highest BCUT2D eigenvalue weighted by Gasteiger charge is 2.12. The lowest BCUT2D eigenvalue weighted by Crippen LogP contribution is -2.42. The third-order valence-electron chi connectivity index (χ3n) is 3.84. The average molecular weight is 314 g/mol. The van der Waals surface area contributed by atoms with Gasteiger partial charge in [-0.2, -0.15) is 0 Å². The second-order valence-corrected chi connectivity index (χ2v) is 6.41. The first-order valence-corrected chi connectivity index (χ1v) is 8.34. The summed E-state index contributed by atoms with van der Waals surface area (Å²) in [5.41, 5.74) is 8.66. The van der Waals surface area contributed by atoms with Crippen molar-refractivity contribution < 1.29 is 9.59 Å². The standard InChI is InChI=1S/C17H18N2O2S/c20-16(18-19-17(21)15-6-3-9-22-15)11-12-7-8-13-4-1-2-5-14(13)10-12/h3,6-10H,1-2,4-5,11H2,(H,18,20)(H,19,21). The topological polar surface area (TPSA) is 58.2 Å². The van der Waals surface area contributed by atoms with Crippen LogP contribution in [-0.4, -0.2) is 11.8 Å². The van der Waals surface area contributed by atoms with Gasteiger partial charge in [-0.15, -0.1) is 11.3 Å². The van der Waals surface area contributed by atoms with Crippen LogP contribution in [0.15, 0.2) is 35.7 Å². The third kappa shape index (κ3) is 3.54. The molecule has 0 atom stereocenters. The van der Waals surface area contributed by atoms with Crippen molar-refractivity contribution in [3.63, 3.8) is 0 Å². The van der Waals surface area contributed by atoms with Crippen LogP contribution in [0.3, 0.4) is 0 Å². The number of carbonyl (C=O) groups is 2. The molecule has 5 heteroatoms. The van der Waals surface area contributed by atoms with Crippen LogP contribution in [0.4, 0.5) is 0 Å². The number of carbonyl (C=O) groups excluding carboxylic acids is 2. The molecular formula is C17H18N2O2S. The van der Waals surface area contributed by atoms with Gasteiger partial charge in [0.25, 0.3) is 5.91 Å². The Balaban J connectivity index is 1.54. The summed E-state index contributed by atoms with van der Waals surface area (Å²) in [6.07, 6.45) is 4.98. The molecule has 1 aromatic heterocycles. The van der Waals surface area contributed by atoms with Crippen LogP contribution in [0.2, 0.25) is 0 Å². The molecule has 0 unspecified atom stereocenters. The van der Waals surface area contributed by atoms with Gasteiger partial charge in [-0.25, -0.2) is 0 Å². The van der Waals surface area contributed by atoms with E-state index in [1.807, 2.05) is 11.4 Å². The van der Waals surface area contributed by atoms with Crippen LogP contribution in [0.25, 0.3) is 0 Å². The van der Waals surface area contributed by atoms with Crippen LogP contribution >= 0.6 is 11.3 Å². The van der Waals surface area contributed by atoms with Crippen LogP contribution < -0.4 is 10.9 Å². The van der Waals surface area contributed by atoms with E-state index >= 15 is 0 Å². The molecule has 1 aliphatic rings. The Morgan fingerprint density at radius 3 is 2.64 bits per heavy atom. The fraction of sp³-hybridized carbons (Fsp3) is 0.294. The molecule has 1 aromatic carbocycles. The van der Waals surface area contributed by atoms with E-state index in [4.69, 9.17) is 0 Å². The van der Waals surface area contributed by atoms with E-state index in [1.165, 1.54) is 35.3 Å². The molecule has 0 aliphatic heterocycles. The molecule has 1 aliphatic carbocycles. The molecule has 2 amide bonds. The molecule has 3 rings (SSSR count). The van der Waals surface area contributed by atoms with Crippen molar-refractivity contribution in [3.8, 4) is 0 Å². The van der Waals surface area contributed by atoms with Crippen LogP contribution in [0, 0.1) is 0 Å². The van der Waals surface area contributed by atoms with Gasteiger partial charge in [0.2, 0.25) is 5.91 Å². The number of hydrazine groups is 1. The van der Waals surface area contributed by atoms with E-state index in [-0.39, 0.29) is 18.2 Å². The monoisotopic (exact) mass is 314 g/mol. The summed E-state index contributed by atoms with van der Waals surface area (Å²) in [7, 11) is 0. The molecule has 4 nitrogen and oxygen atoms in total. The lowest BCUT2D eigenvalue weighted by atomic mass is 9.90. The van der Waals surface area contributed by atoms with E-state index in [9.17, 15) is 9.59 Å². The number of hydrogen-bond donors (Lipinski definition) is 2. The van der Waals surface area contributed by atoms with Gasteiger partial charge in [0.1, 0.15) is 0 Å². The van der Waals surface area contributed by atoms with Gasteiger partial charge >= 0.3 is 0 Å². The minimum Gasteiger partial charge on any atom is -0.273 e. The average Bonchev–Trinajstić information content (AvgIpc) is 3.07. The molecule has 2 aromatic rings. The Kier molecular flexibility index (Phi) is 4.53. The molecular weight excluding hydrogens is 296 g/mol. The Hall–Kier alpha value is -2.14. The molecule has 2 N–H and O–H groups in total. The summed E-state index contributed by atoms with van der Waals surface area (Å²) >= 11 is 1.34. The van der Waals surface area contributed by atoms with Crippen molar-refractivity contribution in [3.05, 3.63) is 57.3 Å². The Morgan fingerprint density at radius 2 is 1.86 bits per heavy atom. The van der Waals surface area contributed by atoms with Gasteiger partial charge in [0, 0.05) is 0 Å². The lowest BCUT2D eigenvalue weighted by molar-refractivity contribution is -0.121. The zero-order valence-electron chi connectivity index (χ0n) is 12.2. The van der Waals surface area contributed by atoms with Crippen molar-refractivity contribution in [2.24, 2.45) is 0 Å². The molecule has 0 saturated carbocycles. The zero-order chi connectivity index (χ0) is 15.4. The second kappa shape index (κ2) is 6.75. The molecule has 0 spiro atoms. The number of fused-ring (bicyclic) bond motifs is 1. The van der Waals surface area contributed by atoms with Crippen molar-refractivity contribution in [2.45, 2.75) is 32.1 Å². The largest absolute Gasteiger partial charge is 0.279 e. The number of hydrogen-bond acceptors (Lipinski definition) is 3. The number of aryl methyl sites for hydroxylation is 2. The highest BCUT2D eigenvalue weighted by molar-refractivity contribution is 7.12. The van der Waals surface area contributed by atoms with E-state index < -0.39 is 0 Å². The number of thiophene rings is 1. The van der Waals surface area contributed by atoms with E-state index in [0.717, 1.165) is 18.4 Å². The number of nitrogens with one attached hydrogen (secondary N) is 2. The van der Waals surface area contributed by atoms with Crippen molar-refractivity contribution in [2.75, 3.05) is 0 Å². The van der Waals surface area contributed by atoms with E-state index in [0.29, 0.717) is 4.88 Å². The number of rotatable bonds is 3. The first-order chi connectivity index (χ1) is 10.7. The van der Waals surface area contributed by atoms with Crippen LogP contribution in [0.5, 0.6) is 0 Å².